The number of aromatic nitrogens is 2. The summed E-state index contributed by atoms with van der Waals surface area (Å²) in [5, 5.41) is 16.6. The SMILES string of the molecule is Cc1cc([C@H]2[C@H](c3ccccn3)NC(=S)N2CCC(=O)Nc2ccc(F)cc2)c(C)n1-c1ccc(O)cc1. The highest BCUT2D eigenvalue weighted by atomic mass is 32.1. The molecule has 2 atom stereocenters. The van der Waals surface area contributed by atoms with Gasteiger partial charge in [0.1, 0.15) is 11.6 Å². The topological polar surface area (TPSA) is 82.4 Å². The highest BCUT2D eigenvalue weighted by Gasteiger charge is 2.41. The van der Waals surface area contributed by atoms with E-state index in [1.807, 2.05) is 42.2 Å². The molecule has 4 aromatic rings. The van der Waals surface area contributed by atoms with Crippen LogP contribution in [0.1, 0.15) is 41.1 Å². The van der Waals surface area contributed by atoms with Gasteiger partial charge in [-0.05, 0) is 98.4 Å². The third-order valence-electron chi connectivity index (χ3n) is 6.80. The quantitative estimate of drug-likeness (QED) is 0.281. The number of halogens is 1. The van der Waals surface area contributed by atoms with Crippen LogP contribution >= 0.6 is 12.2 Å². The van der Waals surface area contributed by atoms with E-state index in [1.165, 1.54) is 24.3 Å². The van der Waals surface area contributed by atoms with E-state index in [-0.39, 0.29) is 36.0 Å². The Bertz CT molecular complexity index is 1460. The molecule has 0 unspecified atom stereocenters. The number of hydrogen-bond acceptors (Lipinski definition) is 4. The maximum Gasteiger partial charge on any atom is 0.226 e. The maximum absolute atomic E-state index is 13.2. The molecule has 2 aromatic heterocycles. The Kier molecular flexibility index (Phi) is 7.11. The predicted molar refractivity (Wildman–Crippen MR) is 149 cm³/mol. The molecule has 5 rings (SSSR count). The van der Waals surface area contributed by atoms with Gasteiger partial charge in [0.2, 0.25) is 5.91 Å². The highest BCUT2D eigenvalue weighted by Crippen LogP contribution is 2.41. The van der Waals surface area contributed by atoms with Gasteiger partial charge in [0.15, 0.2) is 5.11 Å². The van der Waals surface area contributed by atoms with Crippen LogP contribution in [-0.2, 0) is 4.79 Å². The third kappa shape index (κ3) is 5.10. The van der Waals surface area contributed by atoms with E-state index in [2.05, 4.69) is 33.2 Å². The highest BCUT2D eigenvalue weighted by molar-refractivity contribution is 7.80. The summed E-state index contributed by atoms with van der Waals surface area (Å²) in [5.41, 5.74) is 5.47. The van der Waals surface area contributed by atoms with Crippen molar-refractivity contribution in [3.63, 3.8) is 0 Å². The van der Waals surface area contributed by atoms with E-state index < -0.39 is 0 Å². The molecule has 1 amide bonds. The smallest absolute Gasteiger partial charge is 0.226 e. The van der Waals surface area contributed by atoms with Gasteiger partial charge in [0, 0.05) is 41.9 Å². The summed E-state index contributed by atoms with van der Waals surface area (Å²) in [6.07, 6.45) is 1.96. The molecule has 0 spiro atoms. The normalized spacial score (nSPS) is 16.9. The van der Waals surface area contributed by atoms with Gasteiger partial charge in [-0.15, -0.1) is 0 Å². The van der Waals surface area contributed by atoms with Crippen LogP contribution in [-0.4, -0.2) is 37.1 Å². The molecule has 7 nitrogen and oxygen atoms in total. The summed E-state index contributed by atoms with van der Waals surface area (Å²) < 4.78 is 15.4. The second-order valence-corrected chi connectivity index (χ2v) is 9.69. The Morgan fingerprint density at radius 3 is 2.53 bits per heavy atom. The average molecular weight is 530 g/mol. The van der Waals surface area contributed by atoms with E-state index in [4.69, 9.17) is 12.2 Å². The van der Waals surface area contributed by atoms with Gasteiger partial charge in [-0.1, -0.05) is 6.07 Å². The van der Waals surface area contributed by atoms with Gasteiger partial charge in [0.05, 0.1) is 17.8 Å². The van der Waals surface area contributed by atoms with E-state index in [1.54, 1.807) is 18.3 Å². The van der Waals surface area contributed by atoms with E-state index in [9.17, 15) is 14.3 Å². The molecule has 1 aliphatic rings. The van der Waals surface area contributed by atoms with Crippen molar-refractivity contribution in [2.45, 2.75) is 32.4 Å². The van der Waals surface area contributed by atoms with Crippen LogP contribution in [0.3, 0.4) is 0 Å². The first-order valence-electron chi connectivity index (χ1n) is 12.3. The van der Waals surface area contributed by atoms with Gasteiger partial charge < -0.3 is 25.2 Å². The number of pyridine rings is 1. The van der Waals surface area contributed by atoms with Gasteiger partial charge in [0.25, 0.3) is 0 Å². The van der Waals surface area contributed by atoms with Crippen LogP contribution in [0.25, 0.3) is 5.69 Å². The molecule has 0 saturated carbocycles. The lowest BCUT2D eigenvalue weighted by atomic mass is 9.96. The van der Waals surface area contributed by atoms with Crippen molar-refractivity contribution in [1.82, 2.24) is 19.8 Å². The summed E-state index contributed by atoms with van der Waals surface area (Å²) >= 11 is 5.76. The number of phenolic OH excluding ortho intramolecular Hbond substituents is 1. The molecule has 1 aliphatic heterocycles. The number of aromatic hydroxyl groups is 1. The molecular formula is C29H28FN5O2S. The number of aryl methyl sites for hydroxylation is 1. The fraction of sp³-hybridized carbons (Fsp3) is 0.207. The molecule has 1 fully saturated rings. The number of nitrogens with one attached hydrogen (secondary N) is 2. The standard InChI is InChI=1S/C29H28FN5O2S/c1-18-17-24(19(2)35(18)22-10-12-23(36)13-11-22)28-27(25-5-3-4-15-31-25)33-29(38)34(28)16-14-26(37)32-21-8-6-20(30)7-9-21/h3-13,15,17,27-28,36H,14,16H2,1-2H3,(H,32,37)(H,33,38)/t27-,28-/m0/s1. The second kappa shape index (κ2) is 10.6. The molecule has 2 aromatic carbocycles. The van der Waals surface area contributed by atoms with Crippen LogP contribution in [0.5, 0.6) is 5.75 Å². The zero-order valence-corrected chi connectivity index (χ0v) is 21.9. The third-order valence-corrected chi connectivity index (χ3v) is 7.15. The number of benzene rings is 2. The fourth-order valence-corrected chi connectivity index (χ4v) is 5.38. The Balaban J connectivity index is 1.46. The Hall–Kier alpha value is -4.24. The lowest BCUT2D eigenvalue weighted by Crippen LogP contribution is -2.32. The van der Waals surface area contributed by atoms with E-state index in [0.717, 1.165) is 28.3 Å². The van der Waals surface area contributed by atoms with Crippen LogP contribution in [0.2, 0.25) is 0 Å². The minimum atomic E-state index is -0.357. The first kappa shape index (κ1) is 25.4. The molecule has 3 N–H and O–H groups in total. The van der Waals surface area contributed by atoms with E-state index in [0.29, 0.717) is 17.3 Å². The fourth-order valence-electron chi connectivity index (χ4n) is 5.05. The van der Waals surface area contributed by atoms with Gasteiger partial charge in [-0.3, -0.25) is 9.78 Å². The predicted octanol–water partition coefficient (Wildman–Crippen LogP) is 5.34. The summed E-state index contributed by atoms with van der Waals surface area (Å²) in [4.78, 5) is 19.4. The van der Waals surface area contributed by atoms with Crippen molar-refractivity contribution >= 4 is 28.9 Å². The molecule has 0 bridgehead atoms. The first-order chi connectivity index (χ1) is 18.3. The summed E-state index contributed by atoms with van der Waals surface area (Å²) in [6, 6.07) is 20.3. The minimum Gasteiger partial charge on any atom is -0.508 e. The molecule has 1 saturated heterocycles. The number of carbonyl (C=O) groups is 1. The van der Waals surface area contributed by atoms with Crippen LogP contribution in [0.4, 0.5) is 10.1 Å². The van der Waals surface area contributed by atoms with Crippen molar-refractivity contribution in [2.75, 3.05) is 11.9 Å². The number of rotatable bonds is 7. The number of anilines is 1. The molecule has 0 radical (unpaired) electrons. The minimum absolute atomic E-state index is 0.186. The number of thiocarbonyl (C=S) groups is 1. The van der Waals surface area contributed by atoms with Crippen molar-refractivity contribution in [2.24, 2.45) is 0 Å². The van der Waals surface area contributed by atoms with Crippen molar-refractivity contribution in [1.29, 1.82) is 0 Å². The van der Waals surface area contributed by atoms with Gasteiger partial charge >= 0.3 is 0 Å². The zero-order valence-electron chi connectivity index (χ0n) is 21.1. The lowest BCUT2D eigenvalue weighted by Gasteiger charge is -2.28. The zero-order chi connectivity index (χ0) is 26.8. The maximum atomic E-state index is 13.2. The number of hydrogen-bond donors (Lipinski definition) is 3. The van der Waals surface area contributed by atoms with Crippen molar-refractivity contribution in [3.05, 3.63) is 107 Å². The van der Waals surface area contributed by atoms with Crippen LogP contribution in [0.15, 0.2) is 79.0 Å². The van der Waals surface area contributed by atoms with Crippen molar-refractivity contribution < 1.29 is 14.3 Å². The number of nitrogens with zero attached hydrogens (tertiary/aromatic N) is 3. The number of amides is 1. The molecular weight excluding hydrogens is 501 g/mol. The summed E-state index contributed by atoms with van der Waals surface area (Å²) in [6.45, 7) is 4.49. The Morgan fingerprint density at radius 1 is 1.11 bits per heavy atom. The summed E-state index contributed by atoms with van der Waals surface area (Å²) in [7, 11) is 0. The van der Waals surface area contributed by atoms with E-state index >= 15 is 0 Å². The summed E-state index contributed by atoms with van der Waals surface area (Å²) in [5.74, 6) is -0.333. The lowest BCUT2D eigenvalue weighted by molar-refractivity contribution is -0.116. The molecule has 194 valence electrons. The molecule has 0 aliphatic carbocycles. The molecule has 38 heavy (non-hydrogen) atoms. The van der Waals surface area contributed by atoms with Crippen LogP contribution in [0, 0.1) is 19.7 Å². The molecule has 3 heterocycles. The second-order valence-electron chi connectivity index (χ2n) is 9.30. The first-order valence-corrected chi connectivity index (χ1v) is 12.7. The molecule has 9 heteroatoms. The van der Waals surface area contributed by atoms with Crippen LogP contribution < -0.4 is 10.6 Å². The van der Waals surface area contributed by atoms with Gasteiger partial charge in [-0.25, -0.2) is 4.39 Å². The monoisotopic (exact) mass is 529 g/mol. The Morgan fingerprint density at radius 2 is 1.84 bits per heavy atom. The average Bonchev–Trinajstić information content (AvgIpc) is 3.39. The number of carbonyl (C=O) groups excluding carboxylic acids is 1. The largest absolute Gasteiger partial charge is 0.508 e. The van der Waals surface area contributed by atoms with Gasteiger partial charge in [-0.2, -0.15) is 0 Å². The van der Waals surface area contributed by atoms with Crippen molar-refractivity contribution in [3.8, 4) is 11.4 Å². The Labute approximate surface area is 225 Å². The number of phenols is 1.